The summed E-state index contributed by atoms with van der Waals surface area (Å²) < 4.78 is 0. The standard InChI is InChI=1S/C14H21Cl2N/c1-10(2)9-12(17-3)8-7-11-5-4-6-13(15)14(11)16/h4-6,10,12,17H,7-9H2,1-3H3. The second kappa shape index (κ2) is 7.25. The molecule has 0 aromatic heterocycles. The molecule has 17 heavy (non-hydrogen) atoms. The number of aryl methyl sites for hydroxylation is 1. The lowest BCUT2D eigenvalue weighted by Gasteiger charge is -2.18. The highest BCUT2D eigenvalue weighted by Gasteiger charge is 2.10. The first-order valence-corrected chi connectivity index (χ1v) is 6.90. The highest BCUT2D eigenvalue weighted by Crippen LogP contribution is 2.27. The van der Waals surface area contributed by atoms with Gasteiger partial charge in [0.15, 0.2) is 0 Å². The van der Waals surface area contributed by atoms with Crippen molar-refractivity contribution in [1.82, 2.24) is 5.32 Å². The van der Waals surface area contributed by atoms with E-state index >= 15 is 0 Å². The lowest BCUT2D eigenvalue weighted by atomic mass is 9.97. The average Bonchev–Trinajstić information content (AvgIpc) is 2.28. The Morgan fingerprint density at radius 2 is 1.94 bits per heavy atom. The Kier molecular flexibility index (Phi) is 6.32. The highest BCUT2D eigenvalue weighted by molar-refractivity contribution is 6.42. The van der Waals surface area contributed by atoms with Crippen molar-refractivity contribution in [2.24, 2.45) is 5.92 Å². The minimum atomic E-state index is 0.546. The van der Waals surface area contributed by atoms with E-state index in [2.05, 4.69) is 25.2 Å². The van der Waals surface area contributed by atoms with Crippen molar-refractivity contribution in [2.75, 3.05) is 7.05 Å². The smallest absolute Gasteiger partial charge is 0.0624 e. The SMILES string of the molecule is CNC(CCc1cccc(Cl)c1Cl)CC(C)C. The van der Waals surface area contributed by atoms with E-state index in [1.165, 1.54) is 6.42 Å². The summed E-state index contributed by atoms with van der Waals surface area (Å²) in [7, 11) is 2.02. The predicted octanol–water partition coefficient (Wildman–Crippen LogP) is 4.56. The Morgan fingerprint density at radius 3 is 2.53 bits per heavy atom. The third-order valence-electron chi connectivity index (χ3n) is 2.96. The molecule has 0 heterocycles. The van der Waals surface area contributed by atoms with Gasteiger partial charge in [-0.2, -0.15) is 0 Å². The van der Waals surface area contributed by atoms with Crippen LogP contribution in [0.1, 0.15) is 32.3 Å². The zero-order valence-corrected chi connectivity index (χ0v) is 12.3. The van der Waals surface area contributed by atoms with Crippen molar-refractivity contribution in [1.29, 1.82) is 0 Å². The third kappa shape index (κ3) is 4.87. The van der Waals surface area contributed by atoms with Gasteiger partial charge in [0.05, 0.1) is 10.0 Å². The molecule has 0 saturated carbocycles. The summed E-state index contributed by atoms with van der Waals surface area (Å²) in [6, 6.07) is 6.39. The third-order valence-corrected chi connectivity index (χ3v) is 3.82. The molecule has 0 aliphatic carbocycles. The van der Waals surface area contributed by atoms with Crippen LogP contribution >= 0.6 is 23.2 Å². The molecule has 0 amide bonds. The quantitative estimate of drug-likeness (QED) is 0.801. The minimum absolute atomic E-state index is 0.546. The first kappa shape index (κ1) is 14.8. The maximum Gasteiger partial charge on any atom is 0.0624 e. The number of benzene rings is 1. The first-order chi connectivity index (χ1) is 8.04. The van der Waals surface area contributed by atoms with Gasteiger partial charge in [-0.25, -0.2) is 0 Å². The molecule has 1 N–H and O–H groups in total. The minimum Gasteiger partial charge on any atom is -0.317 e. The van der Waals surface area contributed by atoms with Crippen LogP contribution in [0.2, 0.25) is 10.0 Å². The molecule has 0 spiro atoms. The molecule has 0 radical (unpaired) electrons. The number of halogens is 2. The summed E-state index contributed by atoms with van der Waals surface area (Å²) in [6.45, 7) is 4.49. The maximum atomic E-state index is 6.17. The van der Waals surface area contributed by atoms with Crippen LogP contribution in [-0.2, 0) is 6.42 Å². The second-order valence-electron chi connectivity index (χ2n) is 4.87. The van der Waals surface area contributed by atoms with E-state index in [4.69, 9.17) is 23.2 Å². The van der Waals surface area contributed by atoms with E-state index in [0.717, 1.165) is 18.4 Å². The van der Waals surface area contributed by atoms with Gasteiger partial charge in [-0.05, 0) is 43.9 Å². The van der Waals surface area contributed by atoms with Crippen molar-refractivity contribution < 1.29 is 0 Å². The van der Waals surface area contributed by atoms with Crippen molar-refractivity contribution >= 4 is 23.2 Å². The summed E-state index contributed by atoms with van der Waals surface area (Å²) in [4.78, 5) is 0. The molecule has 96 valence electrons. The van der Waals surface area contributed by atoms with Gasteiger partial charge in [-0.15, -0.1) is 0 Å². The lowest BCUT2D eigenvalue weighted by molar-refractivity contribution is 0.422. The van der Waals surface area contributed by atoms with E-state index in [9.17, 15) is 0 Å². The molecule has 0 aliphatic heterocycles. The van der Waals surface area contributed by atoms with Crippen LogP contribution in [0.25, 0.3) is 0 Å². The Labute approximate surface area is 115 Å². The lowest BCUT2D eigenvalue weighted by Crippen LogP contribution is -2.27. The van der Waals surface area contributed by atoms with Crippen LogP contribution in [0.3, 0.4) is 0 Å². The number of rotatable bonds is 6. The van der Waals surface area contributed by atoms with E-state index < -0.39 is 0 Å². The van der Waals surface area contributed by atoms with Gasteiger partial charge in [0.1, 0.15) is 0 Å². The number of hydrogen-bond acceptors (Lipinski definition) is 1. The Hall–Kier alpha value is -0.240. The monoisotopic (exact) mass is 273 g/mol. The normalized spacial score (nSPS) is 13.1. The van der Waals surface area contributed by atoms with Crippen LogP contribution < -0.4 is 5.32 Å². The number of nitrogens with one attached hydrogen (secondary N) is 1. The van der Waals surface area contributed by atoms with Gasteiger partial charge in [0, 0.05) is 6.04 Å². The Bertz CT molecular complexity index is 350. The van der Waals surface area contributed by atoms with Gasteiger partial charge in [-0.3, -0.25) is 0 Å². The highest BCUT2D eigenvalue weighted by atomic mass is 35.5. The van der Waals surface area contributed by atoms with Crippen molar-refractivity contribution in [3.63, 3.8) is 0 Å². The van der Waals surface area contributed by atoms with Crippen LogP contribution in [0.15, 0.2) is 18.2 Å². The van der Waals surface area contributed by atoms with Crippen LogP contribution in [0.4, 0.5) is 0 Å². The van der Waals surface area contributed by atoms with Gasteiger partial charge >= 0.3 is 0 Å². The molecular formula is C14H21Cl2N. The molecule has 0 aliphatic rings. The molecular weight excluding hydrogens is 253 g/mol. The Balaban J connectivity index is 2.56. The van der Waals surface area contributed by atoms with Crippen molar-refractivity contribution in [3.05, 3.63) is 33.8 Å². The molecule has 1 unspecified atom stereocenters. The molecule has 1 aromatic carbocycles. The zero-order chi connectivity index (χ0) is 12.8. The van der Waals surface area contributed by atoms with E-state index in [1.54, 1.807) is 0 Å². The van der Waals surface area contributed by atoms with Gasteiger partial charge in [0.25, 0.3) is 0 Å². The van der Waals surface area contributed by atoms with Crippen molar-refractivity contribution in [2.45, 2.75) is 39.2 Å². The summed E-state index contributed by atoms with van der Waals surface area (Å²) in [5, 5.41) is 4.71. The molecule has 1 atom stereocenters. The van der Waals surface area contributed by atoms with Crippen LogP contribution in [0.5, 0.6) is 0 Å². The molecule has 0 fully saturated rings. The predicted molar refractivity (Wildman–Crippen MR) is 77.1 cm³/mol. The summed E-state index contributed by atoms with van der Waals surface area (Å²) in [5.74, 6) is 0.710. The summed E-state index contributed by atoms with van der Waals surface area (Å²) in [6.07, 6.45) is 3.25. The molecule has 1 nitrogen and oxygen atoms in total. The topological polar surface area (TPSA) is 12.0 Å². The first-order valence-electron chi connectivity index (χ1n) is 6.14. The van der Waals surface area contributed by atoms with Crippen LogP contribution in [0, 0.1) is 5.92 Å². The second-order valence-corrected chi connectivity index (χ2v) is 5.65. The molecule has 1 rings (SSSR count). The van der Waals surface area contributed by atoms with E-state index in [-0.39, 0.29) is 0 Å². The van der Waals surface area contributed by atoms with Crippen molar-refractivity contribution in [3.8, 4) is 0 Å². The number of hydrogen-bond donors (Lipinski definition) is 1. The average molecular weight is 274 g/mol. The summed E-state index contributed by atoms with van der Waals surface area (Å²) >= 11 is 12.2. The van der Waals surface area contributed by atoms with Crippen LogP contribution in [-0.4, -0.2) is 13.1 Å². The zero-order valence-electron chi connectivity index (χ0n) is 10.8. The fourth-order valence-electron chi connectivity index (χ4n) is 2.02. The fourth-order valence-corrected chi connectivity index (χ4v) is 2.43. The van der Waals surface area contributed by atoms with Gasteiger partial charge in [-0.1, -0.05) is 49.2 Å². The van der Waals surface area contributed by atoms with E-state index in [1.807, 2.05) is 19.2 Å². The maximum absolute atomic E-state index is 6.17. The fraction of sp³-hybridized carbons (Fsp3) is 0.571. The summed E-state index contributed by atoms with van der Waals surface area (Å²) in [5.41, 5.74) is 1.14. The Morgan fingerprint density at radius 1 is 1.24 bits per heavy atom. The van der Waals surface area contributed by atoms with Gasteiger partial charge < -0.3 is 5.32 Å². The molecule has 1 aromatic rings. The molecule has 0 bridgehead atoms. The van der Waals surface area contributed by atoms with Gasteiger partial charge in [0.2, 0.25) is 0 Å². The van der Waals surface area contributed by atoms with E-state index in [0.29, 0.717) is 22.0 Å². The largest absolute Gasteiger partial charge is 0.317 e. The molecule has 3 heteroatoms. The molecule has 0 saturated heterocycles.